The summed E-state index contributed by atoms with van der Waals surface area (Å²) in [5.41, 5.74) is 2.69. The molecular weight excluding hydrogens is 240 g/mol. The van der Waals surface area contributed by atoms with Crippen molar-refractivity contribution in [3.8, 4) is 0 Å². The molecule has 1 fully saturated rings. The van der Waals surface area contributed by atoms with Gasteiger partial charge in [-0.25, -0.2) is 9.07 Å². The van der Waals surface area contributed by atoms with Crippen LogP contribution in [0.1, 0.15) is 5.56 Å². The molecule has 6 heteroatoms. The van der Waals surface area contributed by atoms with Gasteiger partial charge in [-0.15, -0.1) is 0 Å². The normalized spacial score (nSPS) is 16.6. The number of rotatable bonds is 5. The van der Waals surface area contributed by atoms with E-state index in [4.69, 9.17) is 0 Å². The van der Waals surface area contributed by atoms with Gasteiger partial charge in [0.1, 0.15) is 0 Å². The van der Waals surface area contributed by atoms with Gasteiger partial charge in [0, 0.05) is 38.8 Å². The van der Waals surface area contributed by atoms with E-state index < -0.39 is 11.4 Å². The molecular formula is C12H17F2N3O. The van der Waals surface area contributed by atoms with E-state index >= 15 is 0 Å². The first-order valence-corrected chi connectivity index (χ1v) is 6.01. The van der Waals surface area contributed by atoms with Crippen molar-refractivity contribution in [3.05, 3.63) is 34.0 Å². The second-order valence-corrected chi connectivity index (χ2v) is 4.62. The molecule has 1 saturated heterocycles. The predicted molar refractivity (Wildman–Crippen MR) is 65.6 cm³/mol. The Morgan fingerprint density at radius 2 is 2.22 bits per heavy atom. The predicted octanol–water partition coefficient (Wildman–Crippen LogP) is 0.605. The summed E-state index contributed by atoms with van der Waals surface area (Å²) in [5, 5.41) is 0. The molecule has 2 rings (SSSR count). The standard InChI is InChI=1S/C12H17F2N3O/c1-15-17-8-9(4-11(14)12(17)18)2-3-16-6-10(5-13)7-16/h4,8,10,15H,2-3,5-7H2,1H3. The molecule has 0 amide bonds. The van der Waals surface area contributed by atoms with E-state index in [1.165, 1.54) is 6.07 Å². The van der Waals surface area contributed by atoms with Crippen molar-refractivity contribution < 1.29 is 8.78 Å². The van der Waals surface area contributed by atoms with Crippen molar-refractivity contribution in [3.63, 3.8) is 0 Å². The minimum absolute atomic E-state index is 0.160. The van der Waals surface area contributed by atoms with Crippen LogP contribution in [0.3, 0.4) is 0 Å². The molecule has 100 valence electrons. The Labute approximate surface area is 104 Å². The van der Waals surface area contributed by atoms with Crippen molar-refractivity contribution in [2.24, 2.45) is 5.92 Å². The Bertz CT molecular complexity index is 469. The van der Waals surface area contributed by atoms with E-state index in [0.29, 0.717) is 6.42 Å². The highest BCUT2D eigenvalue weighted by molar-refractivity contribution is 5.13. The smallest absolute Gasteiger partial charge is 0.304 e. The molecule has 0 spiro atoms. The molecule has 0 aromatic carbocycles. The summed E-state index contributed by atoms with van der Waals surface area (Å²) in [6.45, 7) is 2.03. The highest BCUT2D eigenvalue weighted by Gasteiger charge is 2.25. The van der Waals surface area contributed by atoms with E-state index in [0.717, 1.165) is 29.9 Å². The number of halogens is 2. The van der Waals surface area contributed by atoms with Crippen LogP contribution in [0.15, 0.2) is 17.1 Å². The highest BCUT2D eigenvalue weighted by Crippen LogP contribution is 2.16. The molecule has 0 aliphatic carbocycles. The van der Waals surface area contributed by atoms with Crippen LogP contribution in [0.25, 0.3) is 0 Å². The molecule has 18 heavy (non-hydrogen) atoms. The van der Waals surface area contributed by atoms with E-state index in [-0.39, 0.29) is 12.6 Å². The molecule has 1 aliphatic heterocycles. The molecule has 2 heterocycles. The van der Waals surface area contributed by atoms with Crippen molar-refractivity contribution in [2.45, 2.75) is 6.42 Å². The van der Waals surface area contributed by atoms with Gasteiger partial charge >= 0.3 is 5.56 Å². The van der Waals surface area contributed by atoms with Gasteiger partial charge in [-0.05, 0) is 18.1 Å². The van der Waals surface area contributed by atoms with Crippen LogP contribution in [0, 0.1) is 11.7 Å². The zero-order chi connectivity index (χ0) is 13.1. The molecule has 1 aromatic heterocycles. The van der Waals surface area contributed by atoms with Crippen LogP contribution in [0.2, 0.25) is 0 Å². The first-order valence-electron chi connectivity index (χ1n) is 6.01. The lowest BCUT2D eigenvalue weighted by atomic mass is 10.0. The highest BCUT2D eigenvalue weighted by atomic mass is 19.1. The third-order valence-electron chi connectivity index (χ3n) is 3.24. The van der Waals surface area contributed by atoms with Crippen LogP contribution < -0.4 is 11.0 Å². The average Bonchev–Trinajstić information content (AvgIpc) is 2.31. The summed E-state index contributed by atoms with van der Waals surface area (Å²) in [6.07, 6.45) is 2.25. The summed E-state index contributed by atoms with van der Waals surface area (Å²) < 4.78 is 26.7. The monoisotopic (exact) mass is 257 g/mol. The maximum Gasteiger partial charge on any atom is 0.304 e. The first kappa shape index (κ1) is 13.0. The lowest BCUT2D eigenvalue weighted by Crippen LogP contribution is -2.48. The Kier molecular flexibility index (Phi) is 3.96. The molecule has 1 aliphatic rings. The Hall–Kier alpha value is -1.43. The number of hydrogen-bond acceptors (Lipinski definition) is 3. The van der Waals surface area contributed by atoms with Crippen LogP contribution in [-0.4, -0.2) is 42.9 Å². The van der Waals surface area contributed by atoms with Crippen LogP contribution in [0.5, 0.6) is 0 Å². The number of pyridine rings is 1. The van der Waals surface area contributed by atoms with Gasteiger partial charge in [0.2, 0.25) is 0 Å². The van der Waals surface area contributed by atoms with Gasteiger partial charge in [-0.3, -0.25) is 9.18 Å². The van der Waals surface area contributed by atoms with Crippen molar-refractivity contribution in [1.29, 1.82) is 0 Å². The van der Waals surface area contributed by atoms with Crippen molar-refractivity contribution in [2.75, 3.05) is 38.8 Å². The maximum absolute atomic E-state index is 13.3. The minimum atomic E-state index is -0.757. The molecule has 0 atom stereocenters. The number of nitrogens with one attached hydrogen (secondary N) is 1. The van der Waals surface area contributed by atoms with Crippen molar-refractivity contribution in [1.82, 2.24) is 9.58 Å². The Morgan fingerprint density at radius 1 is 1.50 bits per heavy atom. The van der Waals surface area contributed by atoms with Crippen LogP contribution in [-0.2, 0) is 6.42 Å². The topological polar surface area (TPSA) is 37.3 Å². The number of aromatic nitrogens is 1. The summed E-state index contributed by atoms with van der Waals surface area (Å²) in [4.78, 5) is 13.4. The SMILES string of the molecule is CNn1cc(CCN2CC(CF)C2)cc(F)c1=O. The molecule has 0 saturated carbocycles. The molecule has 4 nitrogen and oxygen atoms in total. The van der Waals surface area contributed by atoms with Gasteiger partial charge in [-0.2, -0.15) is 0 Å². The maximum atomic E-state index is 13.3. The van der Waals surface area contributed by atoms with Gasteiger partial charge in [-0.1, -0.05) is 0 Å². The fourth-order valence-corrected chi connectivity index (χ4v) is 2.15. The zero-order valence-corrected chi connectivity index (χ0v) is 10.3. The molecule has 0 radical (unpaired) electrons. The fourth-order valence-electron chi connectivity index (χ4n) is 2.15. The molecule has 1 N–H and O–H groups in total. The third-order valence-corrected chi connectivity index (χ3v) is 3.24. The van der Waals surface area contributed by atoms with Crippen LogP contribution >= 0.6 is 0 Å². The Morgan fingerprint density at radius 3 is 2.83 bits per heavy atom. The van der Waals surface area contributed by atoms with Gasteiger partial charge in [0.15, 0.2) is 5.82 Å². The lowest BCUT2D eigenvalue weighted by Gasteiger charge is -2.37. The van der Waals surface area contributed by atoms with E-state index in [2.05, 4.69) is 10.3 Å². The molecule has 1 aromatic rings. The minimum Gasteiger partial charge on any atom is -0.326 e. The first-order chi connectivity index (χ1) is 8.63. The summed E-state index contributed by atoms with van der Waals surface area (Å²) in [7, 11) is 1.56. The number of nitrogens with zero attached hydrogens (tertiary/aromatic N) is 2. The van der Waals surface area contributed by atoms with Gasteiger partial charge in [0.05, 0.1) is 6.67 Å². The van der Waals surface area contributed by atoms with Gasteiger partial charge in [0.25, 0.3) is 0 Å². The zero-order valence-electron chi connectivity index (χ0n) is 10.3. The van der Waals surface area contributed by atoms with Crippen molar-refractivity contribution >= 4 is 0 Å². The average molecular weight is 257 g/mol. The quantitative estimate of drug-likeness (QED) is 0.839. The molecule has 0 unspecified atom stereocenters. The fraction of sp³-hybridized carbons (Fsp3) is 0.583. The van der Waals surface area contributed by atoms with Gasteiger partial charge < -0.3 is 10.3 Å². The molecule has 0 bridgehead atoms. The van der Waals surface area contributed by atoms with E-state index in [1.54, 1.807) is 13.2 Å². The number of likely N-dealkylation sites (tertiary alicyclic amines) is 1. The number of hydrogen-bond donors (Lipinski definition) is 1. The lowest BCUT2D eigenvalue weighted by molar-refractivity contribution is 0.0824. The second kappa shape index (κ2) is 5.48. The van der Waals surface area contributed by atoms with E-state index in [9.17, 15) is 13.6 Å². The largest absolute Gasteiger partial charge is 0.326 e. The summed E-state index contributed by atoms with van der Waals surface area (Å²) >= 11 is 0. The van der Waals surface area contributed by atoms with Crippen LogP contribution in [0.4, 0.5) is 8.78 Å². The Balaban J connectivity index is 1.94. The summed E-state index contributed by atoms with van der Waals surface area (Å²) in [5.74, 6) is -0.597. The van der Waals surface area contributed by atoms with E-state index in [1.807, 2.05) is 0 Å². The summed E-state index contributed by atoms with van der Waals surface area (Å²) in [6, 6.07) is 1.27. The second-order valence-electron chi connectivity index (χ2n) is 4.62. The number of alkyl halides is 1. The third kappa shape index (κ3) is 2.69.